The molecular formula is C30H33N3O6. The van der Waals surface area contributed by atoms with Crippen LogP contribution in [0.3, 0.4) is 0 Å². The Morgan fingerprint density at radius 2 is 1.77 bits per heavy atom. The SMILES string of the molecule is COc1ccc(O[C@H](CCN2CC=C(c3ccc([N+](=O)[O-])cc3)CC2CC(N)=O)c2ccccc2)cc1OC. The fraction of sp³-hybridized carbons (Fsp3) is 0.300. The first kappa shape index (κ1) is 27.7. The third-order valence-electron chi connectivity index (χ3n) is 6.91. The Bertz CT molecular complexity index is 1310. The lowest BCUT2D eigenvalue weighted by atomic mass is 9.91. The van der Waals surface area contributed by atoms with Crippen molar-refractivity contribution in [1.29, 1.82) is 0 Å². The van der Waals surface area contributed by atoms with E-state index >= 15 is 0 Å². The van der Waals surface area contributed by atoms with Crippen LogP contribution in [0.15, 0.2) is 78.9 Å². The topological polar surface area (TPSA) is 117 Å². The molecule has 0 saturated carbocycles. The predicted octanol–water partition coefficient (Wildman–Crippen LogP) is 5.16. The molecule has 3 aromatic rings. The van der Waals surface area contributed by atoms with E-state index in [1.165, 1.54) is 12.1 Å². The highest BCUT2D eigenvalue weighted by atomic mass is 16.6. The Morgan fingerprint density at radius 1 is 1.05 bits per heavy atom. The van der Waals surface area contributed by atoms with Crippen molar-refractivity contribution < 1.29 is 23.9 Å². The molecule has 2 N–H and O–H groups in total. The fourth-order valence-electron chi connectivity index (χ4n) is 4.88. The van der Waals surface area contributed by atoms with E-state index in [0.717, 1.165) is 16.7 Å². The first-order valence-electron chi connectivity index (χ1n) is 12.8. The van der Waals surface area contributed by atoms with Gasteiger partial charge < -0.3 is 19.9 Å². The van der Waals surface area contributed by atoms with Gasteiger partial charge >= 0.3 is 0 Å². The first-order valence-corrected chi connectivity index (χ1v) is 12.8. The third-order valence-corrected chi connectivity index (χ3v) is 6.91. The van der Waals surface area contributed by atoms with Gasteiger partial charge in [0.05, 0.1) is 19.1 Å². The van der Waals surface area contributed by atoms with Gasteiger partial charge in [-0.2, -0.15) is 0 Å². The number of carbonyl (C=O) groups excluding carboxylic acids is 1. The molecule has 9 heteroatoms. The molecular weight excluding hydrogens is 498 g/mol. The molecule has 3 aromatic carbocycles. The maximum absolute atomic E-state index is 11.9. The number of benzene rings is 3. The molecule has 39 heavy (non-hydrogen) atoms. The Kier molecular flexibility index (Phi) is 9.17. The van der Waals surface area contributed by atoms with E-state index in [4.69, 9.17) is 19.9 Å². The molecule has 0 aromatic heterocycles. The third kappa shape index (κ3) is 7.14. The van der Waals surface area contributed by atoms with Crippen molar-refractivity contribution in [2.75, 3.05) is 27.3 Å². The van der Waals surface area contributed by atoms with Crippen LogP contribution >= 0.6 is 0 Å². The van der Waals surface area contributed by atoms with Crippen LogP contribution in [0.25, 0.3) is 5.57 Å². The second-order valence-corrected chi connectivity index (χ2v) is 9.38. The molecule has 1 unspecified atom stereocenters. The number of nitro groups is 1. The minimum Gasteiger partial charge on any atom is -0.493 e. The van der Waals surface area contributed by atoms with Crippen LogP contribution in [-0.4, -0.2) is 49.1 Å². The number of hydrogen-bond donors (Lipinski definition) is 1. The number of nitro benzene ring substituents is 1. The zero-order valence-electron chi connectivity index (χ0n) is 22.1. The minimum atomic E-state index is -0.413. The molecule has 1 aliphatic heterocycles. The number of methoxy groups -OCH3 is 2. The van der Waals surface area contributed by atoms with Crippen LogP contribution < -0.4 is 19.9 Å². The minimum absolute atomic E-state index is 0.0481. The average Bonchev–Trinajstić information content (AvgIpc) is 2.95. The van der Waals surface area contributed by atoms with Crippen molar-refractivity contribution in [2.45, 2.75) is 31.4 Å². The summed E-state index contributed by atoms with van der Waals surface area (Å²) in [6, 6.07) is 21.9. The molecule has 0 spiro atoms. The van der Waals surface area contributed by atoms with Crippen molar-refractivity contribution in [2.24, 2.45) is 5.73 Å². The van der Waals surface area contributed by atoms with Crippen LogP contribution in [0.5, 0.6) is 17.2 Å². The molecule has 0 bridgehead atoms. The molecule has 0 aliphatic carbocycles. The highest BCUT2D eigenvalue weighted by Gasteiger charge is 2.27. The molecule has 9 nitrogen and oxygen atoms in total. The summed E-state index contributed by atoms with van der Waals surface area (Å²) >= 11 is 0. The zero-order chi connectivity index (χ0) is 27.8. The summed E-state index contributed by atoms with van der Waals surface area (Å²) < 4.78 is 17.2. The van der Waals surface area contributed by atoms with Gasteiger partial charge in [-0.3, -0.25) is 19.8 Å². The van der Waals surface area contributed by atoms with Crippen molar-refractivity contribution in [3.8, 4) is 17.2 Å². The quantitative estimate of drug-likeness (QED) is 0.254. The van der Waals surface area contributed by atoms with Gasteiger partial charge in [-0.1, -0.05) is 36.4 Å². The van der Waals surface area contributed by atoms with E-state index in [1.807, 2.05) is 48.5 Å². The van der Waals surface area contributed by atoms with E-state index in [1.54, 1.807) is 26.4 Å². The van der Waals surface area contributed by atoms with E-state index in [9.17, 15) is 14.9 Å². The van der Waals surface area contributed by atoms with Gasteiger partial charge in [-0.25, -0.2) is 0 Å². The second kappa shape index (κ2) is 12.9. The van der Waals surface area contributed by atoms with Crippen molar-refractivity contribution in [1.82, 2.24) is 4.90 Å². The monoisotopic (exact) mass is 531 g/mol. The standard InChI is InChI=1S/C30H33N3O6/c1-37-28-13-12-26(20-29(28)38-2)39-27(22-6-4-3-5-7-22)15-17-32-16-14-23(18-25(32)19-30(31)34)21-8-10-24(11-9-21)33(35)36/h3-14,20,25,27H,15-19H2,1-2H3,(H2,31,34)/t25?,27-/m1/s1. The number of nitrogens with two attached hydrogens (primary N) is 1. The predicted molar refractivity (Wildman–Crippen MR) is 149 cm³/mol. The summed E-state index contributed by atoms with van der Waals surface area (Å²) in [6.45, 7) is 1.30. The Hall–Kier alpha value is -4.37. The smallest absolute Gasteiger partial charge is 0.269 e. The van der Waals surface area contributed by atoms with Gasteiger partial charge in [-0.15, -0.1) is 0 Å². The van der Waals surface area contributed by atoms with E-state index in [-0.39, 0.29) is 30.2 Å². The number of ether oxygens (including phenoxy) is 3. The normalized spacial score (nSPS) is 16.2. The van der Waals surface area contributed by atoms with Crippen LogP contribution in [0.2, 0.25) is 0 Å². The summed E-state index contributed by atoms with van der Waals surface area (Å²) in [7, 11) is 3.18. The maximum atomic E-state index is 11.9. The molecule has 0 radical (unpaired) electrons. The van der Waals surface area contributed by atoms with E-state index < -0.39 is 4.92 Å². The highest BCUT2D eigenvalue weighted by Crippen LogP contribution is 2.35. The van der Waals surface area contributed by atoms with Crippen LogP contribution in [0, 0.1) is 10.1 Å². The van der Waals surface area contributed by atoms with Crippen molar-refractivity contribution in [3.63, 3.8) is 0 Å². The number of rotatable bonds is 12. The summed E-state index contributed by atoms with van der Waals surface area (Å²) in [5.41, 5.74) is 8.66. The van der Waals surface area contributed by atoms with Gasteiger partial charge in [0.1, 0.15) is 11.9 Å². The summed E-state index contributed by atoms with van der Waals surface area (Å²) in [5.74, 6) is 1.51. The Balaban J connectivity index is 1.52. The zero-order valence-corrected chi connectivity index (χ0v) is 22.1. The maximum Gasteiger partial charge on any atom is 0.269 e. The number of hydrogen-bond acceptors (Lipinski definition) is 7. The Labute approximate surface area is 227 Å². The molecule has 4 rings (SSSR count). The lowest BCUT2D eigenvalue weighted by Gasteiger charge is -2.36. The molecule has 1 amide bonds. The van der Waals surface area contributed by atoms with Gasteiger partial charge in [0.15, 0.2) is 11.5 Å². The molecule has 2 atom stereocenters. The van der Waals surface area contributed by atoms with Crippen LogP contribution in [0.4, 0.5) is 5.69 Å². The summed E-state index contributed by atoms with van der Waals surface area (Å²) in [4.78, 5) is 24.8. The first-order chi connectivity index (χ1) is 18.9. The summed E-state index contributed by atoms with van der Waals surface area (Å²) in [6.07, 6.45) is 3.39. The molecule has 0 fully saturated rings. The molecule has 1 heterocycles. The largest absolute Gasteiger partial charge is 0.493 e. The van der Waals surface area contributed by atoms with Crippen molar-refractivity contribution in [3.05, 3.63) is 100 Å². The highest BCUT2D eigenvalue weighted by molar-refractivity contribution is 5.76. The van der Waals surface area contributed by atoms with Crippen LogP contribution in [-0.2, 0) is 4.79 Å². The lowest BCUT2D eigenvalue weighted by Crippen LogP contribution is -2.42. The molecule has 0 saturated heterocycles. The average molecular weight is 532 g/mol. The number of non-ortho nitro benzene ring substituents is 1. The fourth-order valence-corrected chi connectivity index (χ4v) is 4.88. The van der Waals surface area contributed by atoms with Gasteiger partial charge in [0.25, 0.3) is 5.69 Å². The van der Waals surface area contributed by atoms with Crippen LogP contribution in [0.1, 0.15) is 36.5 Å². The lowest BCUT2D eigenvalue weighted by molar-refractivity contribution is -0.384. The number of amides is 1. The van der Waals surface area contributed by atoms with Gasteiger partial charge in [-0.05, 0) is 47.4 Å². The number of primary amides is 1. The Morgan fingerprint density at radius 3 is 2.41 bits per heavy atom. The van der Waals surface area contributed by atoms with E-state index in [2.05, 4.69) is 11.0 Å². The number of nitrogens with zero attached hydrogens (tertiary/aromatic N) is 2. The number of carbonyl (C=O) groups is 1. The molecule has 1 aliphatic rings. The van der Waals surface area contributed by atoms with Gasteiger partial charge in [0.2, 0.25) is 5.91 Å². The second-order valence-electron chi connectivity index (χ2n) is 9.38. The van der Waals surface area contributed by atoms with Gasteiger partial charge in [0, 0.05) is 50.2 Å². The van der Waals surface area contributed by atoms with Crippen molar-refractivity contribution >= 4 is 17.2 Å². The summed E-state index contributed by atoms with van der Waals surface area (Å²) in [5, 5.41) is 11.0. The van der Waals surface area contributed by atoms with E-state index in [0.29, 0.717) is 43.2 Å². The molecule has 204 valence electrons.